The Bertz CT molecular complexity index is 402. The Morgan fingerprint density at radius 2 is 2.06 bits per heavy atom. The highest BCUT2D eigenvalue weighted by Crippen LogP contribution is 2.22. The van der Waals surface area contributed by atoms with Crippen molar-refractivity contribution in [2.24, 2.45) is 0 Å². The zero-order valence-corrected chi connectivity index (χ0v) is 10.4. The van der Waals surface area contributed by atoms with Crippen molar-refractivity contribution in [3.05, 3.63) is 35.4 Å². The van der Waals surface area contributed by atoms with E-state index in [0.717, 1.165) is 31.5 Å². The monoisotopic (exact) mass is 249 g/mol. The van der Waals surface area contributed by atoms with Crippen molar-refractivity contribution in [1.29, 1.82) is 0 Å². The van der Waals surface area contributed by atoms with E-state index in [-0.39, 0.29) is 6.61 Å². The average Bonchev–Trinajstić information content (AvgIpc) is 2.78. The molecule has 0 radical (unpaired) electrons. The Balaban J connectivity index is 1.98. The topological polar surface area (TPSA) is 60.8 Å². The van der Waals surface area contributed by atoms with Gasteiger partial charge in [0.2, 0.25) is 0 Å². The van der Waals surface area contributed by atoms with Crippen molar-refractivity contribution in [2.45, 2.75) is 31.8 Å². The highest BCUT2D eigenvalue weighted by molar-refractivity contribution is 5.87. The molecule has 0 bridgehead atoms. The third-order valence-corrected chi connectivity index (χ3v) is 3.55. The van der Waals surface area contributed by atoms with Crippen LogP contribution in [0.4, 0.5) is 0 Å². The summed E-state index contributed by atoms with van der Waals surface area (Å²) in [4.78, 5) is 13.1. The molecule has 1 aromatic carbocycles. The minimum atomic E-state index is -0.888. The van der Waals surface area contributed by atoms with Crippen molar-refractivity contribution in [1.82, 2.24) is 4.90 Å². The minimum absolute atomic E-state index is 0.235. The van der Waals surface area contributed by atoms with Gasteiger partial charge in [0.15, 0.2) is 0 Å². The van der Waals surface area contributed by atoms with Gasteiger partial charge in [-0.3, -0.25) is 4.90 Å². The predicted molar refractivity (Wildman–Crippen MR) is 68.5 cm³/mol. The number of carboxylic acids is 1. The van der Waals surface area contributed by atoms with Crippen LogP contribution in [-0.4, -0.2) is 40.3 Å². The molecule has 1 aliphatic rings. The summed E-state index contributed by atoms with van der Waals surface area (Å²) in [7, 11) is 0. The molecule has 1 atom stereocenters. The van der Waals surface area contributed by atoms with Crippen LogP contribution in [0, 0.1) is 0 Å². The van der Waals surface area contributed by atoms with E-state index in [1.807, 2.05) is 12.1 Å². The molecule has 4 heteroatoms. The molecule has 2 rings (SSSR count). The number of rotatable bonds is 5. The van der Waals surface area contributed by atoms with Gasteiger partial charge in [0.25, 0.3) is 0 Å². The van der Waals surface area contributed by atoms with Gasteiger partial charge in [0.1, 0.15) is 0 Å². The first kappa shape index (κ1) is 13.1. The zero-order valence-electron chi connectivity index (χ0n) is 10.4. The second-order valence-corrected chi connectivity index (χ2v) is 4.78. The van der Waals surface area contributed by atoms with Crippen LogP contribution in [0.1, 0.15) is 35.2 Å². The van der Waals surface area contributed by atoms with Crippen molar-refractivity contribution >= 4 is 5.97 Å². The Labute approximate surface area is 107 Å². The fourth-order valence-electron chi connectivity index (χ4n) is 2.57. The third-order valence-electron chi connectivity index (χ3n) is 3.55. The first-order valence-electron chi connectivity index (χ1n) is 6.38. The lowest BCUT2D eigenvalue weighted by molar-refractivity contribution is 0.0697. The van der Waals surface area contributed by atoms with Gasteiger partial charge in [-0.2, -0.15) is 0 Å². The minimum Gasteiger partial charge on any atom is -0.478 e. The fourth-order valence-corrected chi connectivity index (χ4v) is 2.57. The van der Waals surface area contributed by atoms with Gasteiger partial charge in [-0.05, 0) is 43.5 Å². The Kier molecular flexibility index (Phi) is 4.33. The molecule has 0 unspecified atom stereocenters. The molecule has 0 saturated carbocycles. The van der Waals surface area contributed by atoms with Gasteiger partial charge in [-0.15, -0.1) is 0 Å². The lowest BCUT2D eigenvalue weighted by atomic mass is 10.1. The van der Waals surface area contributed by atoms with E-state index < -0.39 is 5.97 Å². The SMILES string of the molecule is O=C(O)c1ccc(CN2CCC[C@@H]2CCO)cc1. The summed E-state index contributed by atoms with van der Waals surface area (Å²) >= 11 is 0. The molecule has 0 spiro atoms. The number of likely N-dealkylation sites (tertiary alicyclic amines) is 1. The van der Waals surface area contributed by atoms with Crippen LogP contribution in [0.15, 0.2) is 24.3 Å². The maximum absolute atomic E-state index is 10.8. The average molecular weight is 249 g/mol. The number of hydrogen-bond acceptors (Lipinski definition) is 3. The number of nitrogens with zero attached hydrogens (tertiary/aromatic N) is 1. The van der Waals surface area contributed by atoms with Gasteiger partial charge >= 0.3 is 5.97 Å². The van der Waals surface area contributed by atoms with E-state index in [4.69, 9.17) is 10.2 Å². The maximum atomic E-state index is 10.8. The van der Waals surface area contributed by atoms with Gasteiger partial charge in [0, 0.05) is 19.2 Å². The molecule has 0 aliphatic carbocycles. The normalized spacial score (nSPS) is 20.2. The molecule has 4 nitrogen and oxygen atoms in total. The van der Waals surface area contributed by atoms with Crippen LogP contribution in [0.3, 0.4) is 0 Å². The number of hydrogen-bond donors (Lipinski definition) is 2. The summed E-state index contributed by atoms with van der Waals surface area (Å²) in [6.45, 7) is 2.13. The van der Waals surface area contributed by atoms with Gasteiger partial charge in [-0.1, -0.05) is 12.1 Å². The fraction of sp³-hybridized carbons (Fsp3) is 0.500. The second kappa shape index (κ2) is 5.98. The Hall–Kier alpha value is -1.39. The highest BCUT2D eigenvalue weighted by atomic mass is 16.4. The Morgan fingerprint density at radius 3 is 2.67 bits per heavy atom. The van der Waals surface area contributed by atoms with E-state index >= 15 is 0 Å². The lowest BCUT2D eigenvalue weighted by Gasteiger charge is -2.23. The molecule has 98 valence electrons. The molecule has 0 aromatic heterocycles. The van der Waals surface area contributed by atoms with Crippen molar-refractivity contribution < 1.29 is 15.0 Å². The quantitative estimate of drug-likeness (QED) is 0.834. The van der Waals surface area contributed by atoms with Crippen molar-refractivity contribution in [3.8, 4) is 0 Å². The van der Waals surface area contributed by atoms with Gasteiger partial charge in [0.05, 0.1) is 5.56 Å². The molecule has 2 N–H and O–H groups in total. The largest absolute Gasteiger partial charge is 0.478 e. The molecule has 1 heterocycles. The molecule has 0 amide bonds. The number of aliphatic hydroxyl groups is 1. The number of carboxylic acid groups (broad SMARTS) is 1. The summed E-state index contributed by atoms with van der Waals surface area (Å²) < 4.78 is 0. The highest BCUT2D eigenvalue weighted by Gasteiger charge is 2.23. The number of benzene rings is 1. The van der Waals surface area contributed by atoms with E-state index in [1.165, 1.54) is 6.42 Å². The van der Waals surface area contributed by atoms with Crippen molar-refractivity contribution in [2.75, 3.05) is 13.2 Å². The first-order chi connectivity index (χ1) is 8.70. The van der Waals surface area contributed by atoms with Crippen LogP contribution >= 0.6 is 0 Å². The lowest BCUT2D eigenvalue weighted by Crippen LogP contribution is -2.29. The number of carbonyl (C=O) groups is 1. The van der Waals surface area contributed by atoms with E-state index in [9.17, 15) is 4.79 Å². The molecule has 1 aliphatic heterocycles. The van der Waals surface area contributed by atoms with E-state index in [1.54, 1.807) is 12.1 Å². The van der Waals surface area contributed by atoms with Crippen LogP contribution < -0.4 is 0 Å². The molecule has 1 saturated heterocycles. The smallest absolute Gasteiger partial charge is 0.335 e. The molecule has 18 heavy (non-hydrogen) atoms. The van der Waals surface area contributed by atoms with Crippen LogP contribution in [0.25, 0.3) is 0 Å². The molecule has 1 fully saturated rings. The second-order valence-electron chi connectivity index (χ2n) is 4.78. The predicted octanol–water partition coefficient (Wildman–Crippen LogP) is 1.73. The van der Waals surface area contributed by atoms with Crippen LogP contribution in [-0.2, 0) is 6.54 Å². The number of aliphatic hydroxyl groups excluding tert-OH is 1. The standard InChI is InChI=1S/C14H19NO3/c16-9-7-13-2-1-8-15(13)10-11-3-5-12(6-4-11)14(17)18/h3-6,13,16H,1-2,7-10H2,(H,17,18)/t13-/m1/s1. The summed E-state index contributed by atoms with van der Waals surface area (Å²) in [5, 5.41) is 17.8. The van der Waals surface area contributed by atoms with E-state index in [2.05, 4.69) is 4.90 Å². The van der Waals surface area contributed by atoms with Crippen molar-refractivity contribution in [3.63, 3.8) is 0 Å². The summed E-state index contributed by atoms with van der Waals surface area (Å²) in [6, 6.07) is 7.51. The number of aromatic carboxylic acids is 1. The summed E-state index contributed by atoms with van der Waals surface area (Å²) in [5.74, 6) is -0.888. The third kappa shape index (κ3) is 3.09. The summed E-state index contributed by atoms with van der Waals surface area (Å²) in [5.41, 5.74) is 1.46. The Morgan fingerprint density at radius 1 is 1.33 bits per heavy atom. The maximum Gasteiger partial charge on any atom is 0.335 e. The van der Waals surface area contributed by atoms with Gasteiger partial charge < -0.3 is 10.2 Å². The van der Waals surface area contributed by atoms with Crippen LogP contribution in [0.5, 0.6) is 0 Å². The van der Waals surface area contributed by atoms with Gasteiger partial charge in [-0.25, -0.2) is 4.79 Å². The zero-order chi connectivity index (χ0) is 13.0. The first-order valence-corrected chi connectivity index (χ1v) is 6.38. The molecule has 1 aromatic rings. The molecular weight excluding hydrogens is 230 g/mol. The summed E-state index contributed by atoms with van der Waals surface area (Å²) in [6.07, 6.45) is 3.15. The van der Waals surface area contributed by atoms with E-state index in [0.29, 0.717) is 11.6 Å². The van der Waals surface area contributed by atoms with Crippen LogP contribution in [0.2, 0.25) is 0 Å². The molecular formula is C14H19NO3.